The predicted octanol–water partition coefficient (Wildman–Crippen LogP) is 5.03. The maximum atomic E-state index is 13.9. The minimum atomic E-state index is -3.80. The van der Waals surface area contributed by atoms with Gasteiger partial charge in [-0.3, -0.25) is 4.31 Å². The summed E-state index contributed by atoms with van der Waals surface area (Å²) in [6.45, 7) is 8.08. The molecule has 1 atom stereocenters. The van der Waals surface area contributed by atoms with Crippen LogP contribution in [0.25, 0.3) is 0 Å². The van der Waals surface area contributed by atoms with Gasteiger partial charge in [0.25, 0.3) is 10.0 Å². The molecule has 0 unspecified atom stereocenters. The fourth-order valence-corrected chi connectivity index (χ4v) is 6.77. The molecule has 0 aliphatic carbocycles. The second-order valence-electron chi connectivity index (χ2n) is 9.74. The molecule has 2 aliphatic rings. The normalized spacial score (nSPS) is 19.3. The van der Waals surface area contributed by atoms with E-state index in [2.05, 4.69) is 19.9 Å². The molecule has 2 aliphatic heterocycles. The van der Waals surface area contributed by atoms with E-state index in [0.717, 1.165) is 56.6 Å². The maximum absolute atomic E-state index is 13.9. The predicted molar refractivity (Wildman–Crippen MR) is 134 cm³/mol. The van der Waals surface area contributed by atoms with Crippen LogP contribution in [0.3, 0.4) is 0 Å². The first kappa shape index (κ1) is 25.0. The highest BCUT2D eigenvalue weighted by molar-refractivity contribution is 7.92. The van der Waals surface area contributed by atoms with Gasteiger partial charge in [0.1, 0.15) is 5.75 Å². The third-order valence-electron chi connectivity index (χ3n) is 7.13. The van der Waals surface area contributed by atoms with E-state index < -0.39 is 10.0 Å². The Morgan fingerprint density at radius 3 is 2.56 bits per heavy atom. The van der Waals surface area contributed by atoms with Gasteiger partial charge in [-0.15, -0.1) is 0 Å². The zero-order chi connectivity index (χ0) is 24.3. The van der Waals surface area contributed by atoms with Gasteiger partial charge in [0.2, 0.25) is 0 Å². The molecule has 34 heavy (non-hydrogen) atoms. The van der Waals surface area contributed by atoms with E-state index in [9.17, 15) is 13.5 Å². The van der Waals surface area contributed by atoms with Gasteiger partial charge in [0, 0.05) is 24.8 Å². The summed E-state index contributed by atoms with van der Waals surface area (Å²) in [5, 5.41) is 9.99. The van der Waals surface area contributed by atoms with Crippen LogP contribution in [0.1, 0.15) is 69.1 Å². The molecule has 2 aromatic carbocycles. The van der Waals surface area contributed by atoms with Crippen LogP contribution in [-0.2, 0) is 27.8 Å². The van der Waals surface area contributed by atoms with E-state index in [1.54, 1.807) is 22.5 Å². The number of aliphatic hydroxyl groups is 1. The molecular formula is C27H37NO5S. The number of hydrogen-bond donors (Lipinski definition) is 1. The Hall–Kier alpha value is -2.09. The smallest absolute Gasteiger partial charge is 0.264 e. The van der Waals surface area contributed by atoms with Crippen molar-refractivity contribution in [3.63, 3.8) is 0 Å². The summed E-state index contributed by atoms with van der Waals surface area (Å²) in [6, 6.07) is 10.9. The molecule has 4 rings (SSSR count). The van der Waals surface area contributed by atoms with Crippen molar-refractivity contribution in [2.75, 3.05) is 24.1 Å². The minimum Gasteiger partial charge on any atom is -0.493 e. The summed E-state index contributed by atoms with van der Waals surface area (Å²) >= 11 is 0. The zero-order valence-corrected chi connectivity index (χ0v) is 21.3. The van der Waals surface area contributed by atoms with Crippen molar-refractivity contribution in [1.29, 1.82) is 0 Å². The average Bonchev–Trinajstić information content (AvgIpc) is 2.86. The second kappa shape index (κ2) is 10.7. The third kappa shape index (κ3) is 5.11. The van der Waals surface area contributed by atoms with E-state index in [4.69, 9.17) is 9.47 Å². The van der Waals surface area contributed by atoms with Crippen LogP contribution in [0.4, 0.5) is 5.69 Å². The van der Waals surface area contributed by atoms with Crippen molar-refractivity contribution < 1.29 is 23.0 Å². The summed E-state index contributed by atoms with van der Waals surface area (Å²) in [5.41, 5.74) is 3.57. The van der Waals surface area contributed by atoms with Crippen molar-refractivity contribution in [2.24, 2.45) is 5.92 Å². The lowest BCUT2D eigenvalue weighted by molar-refractivity contribution is 0.0494. The topological polar surface area (TPSA) is 76.1 Å². The van der Waals surface area contributed by atoms with Crippen LogP contribution in [0.2, 0.25) is 0 Å². The molecular weight excluding hydrogens is 450 g/mol. The largest absolute Gasteiger partial charge is 0.493 e. The highest BCUT2D eigenvalue weighted by Gasteiger charge is 2.35. The summed E-state index contributed by atoms with van der Waals surface area (Å²) in [4.78, 5) is 0.189. The number of hydrogen-bond acceptors (Lipinski definition) is 5. The molecule has 0 aromatic heterocycles. The van der Waals surface area contributed by atoms with E-state index in [0.29, 0.717) is 29.8 Å². The number of aliphatic hydroxyl groups excluding tert-OH is 1. The van der Waals surface area contributed by atoms with Crippen LogP contribution in [0.5, 0.6) is 5.75 Å². The summed E-state index contributed by atoms with van der Waals surface area (Å²) < 4.78 is 40.8. The van der Waals surface area contributed by atoms with Crippen LogP contribution in [0, 0.1) is 5.92 Å². The number of ether oxygens (including phenoxy) is 2. The number of fused-ring (bicyclic) bond motifs is 1. The van der Waals surface area contributed by atoms with Gasteiger partial charge in [-0.2, -0.15) is 0 Å². The van der Waals surface area contributed by atoms with Crippen LogP contribution < -0.4 is 9.04 Å². The van der Waals surface area contributed by atoms with Gasteiger partial charge in [-0.1, -0.05) is 32.9 Å². The quantitative estimate of drug-likeness (QED) is 0.565. The molecule has 1 saturated heterocycles. The Morgan fingerprint density at radius 2 is 1.88 bits per heavy atom. The molecule has 0 bridgehead atoms. The molecule has 1 N–H and O–H groups in total. The van der Waals surface area contributed by atoms with Gasteiger partial charge >= 0.3 is 0 Å². The van der Waals surface area contributed by atoms with Gasteiger partial charge < -0.3 is 14.6 Å². The Labute approximate surface area is 203 Å². The monoisotopic (exact) mass is 487 g/mol. The van der Waals surface area contributed by atoms with Crippen molar-refractivity contribution in [2.45, 2.75) is 76.3 Å². The number of anilines is 1. The lowest BCUT2D eigenvalue weighted by Gasteiger charge is -2.38. The van der Waals surface area contributed by atoms with E-state index in [-0.39, 0.29) is 17.5 Å². The van der Waals surface area contributed by atoms with Gasteiger partial charge in [-0.05, 0) is 79.3 Å². The number of sulfonamides is 1. The van der Waals surface area contributed by atoms with Gasteiger partial charge in [0.05, 0.1) is 23.8 Å². The zero-order valence-electron chi connectivity index (χ0n) is 20.5. The second-order valence-corrected chi connectivity index (χ2v) is 11.6. The molecule has 0 amide bonds. The Morgan fingerprint density at radius 1 is 1.12 bits per heavy atom. The number of nitrogens with zero attached hydrogens (tertiary/aromatic N) is 1. The molecule has 1 fully saturated rings. The fourth-order valence-electron chi connectivity index (χ4n) is 4.93. The number of rotatable bonds is 8. The molecule has 0 spiro atoms. The van der Waals surface area contributed by atoms with Crippen molar-refractivity contribution in [1.82, 2.24) is 0 Å². The standard InChI is InChI=1S/C27H37NO5S/c1-4-24-7-5-22-15-21(19(2)3)6-9-26(22)28(24)34(30,31)25-8-10-27(23(16-25)17-29)33-18-20-11-13-32-14-12-20/h6,8-10,15-16,19-20,24,29H,4-5,7,11-14,17-18H2,1-3H3/t24-/m0/s1. The molecule has 0 saturated carbocycles. The SMILES string of the molecule is CC[C@H]1CCc2cc(C(C)C)ccc2N1S(=O)(=O)c1ccc(OCC2CCOCC2)c(CO)c1. The maximum Gasteiger partial charge on any atom is 0.264 e. The summed E-state index contributed by atoms with van der Waals surface area (Å²) in [5.74, 6) is 1.34. The molecule has 0 radical (unpaired) electrons. The first-order valence-corrected chi connectivity index (χ1v) is 13.9. The minimum absolute atomic E-state index is 0.0931. The van der Waals surface area contributed by atoms with Crippen molar-refractivity contribution >= 4 is 15.7 Å². The van der Waals surface area contributed by atoms with E-state index in [1.165, 1.54) is 5.56 Å². The van der Waals surface area contributed by atoms with Gasteiger partial charge in [0.15, 0.2) is 0 Å². The lowest BCUT2D eigenvalue weighted by Crippen LogP contribution is -2.43. The Bertz CT molecular complexity index is 1090. The molecule has 2 heterocycles. The molecule has 186 valence electrons. The Kier molecular flexibility index (Phi) is 7.85. The highest BCUT2D eigenvalue weighted by Crippen LogP contribution is 2.38. The fraction of sp³-hybridized carbons (Fsp3) is 0.556. The molecule has 6 nitrogen and oxygen atoms in total. The van der Waals surface area contributed by atoms with E-state index in [1.807, 2.05) is 19.1 Å². The van der Waals surface area contributed by atoms with Crippen molar-refractivity contribution in [3.05, 3.63) is 53.1 Å². The summed E-state index contributed by atoms with van der Waals surface area (Å²) in [6.07, 6.45) is 4.31. The lowest BCUT2D eigenvalue weighted by atomic mass is 9.92. The first-order valence-electron chi connectivity index (χ1n) is 12.5. The first-order chi connectivity index (χ1) is 16.3. The number of aryl methyl sites for hydroxylation is 1. The van der Waals surface area contributed by atoms with Crippen LogP contribution in [-0.4, -0.2) is 39.4 Å². The molecule has 7 heteroatoms. The van der Waals surface area contributed by atoms with Crippen molar-refractivity contribution in [3.8, 4) is 5.75 Å². The number of benzene rings is 2. The summed E-state index contributed by atoms with van der Waals surface area (Å²) in [7, 11) is -3.80. The van der Waals surface area contributed by atoms with Crippen LogP contribution in [0.15, 0.2) is 41.3 Å². The van der Waals surface area contributed by atoms with Gasteiger partial charge in [-0.25, -0.2) is 8.42 Å². The average molecular weight is 488 g/mol. The van der Waals surface area contributed by atoms with Crippen LogP contribution >= 0.6 is 0 Å². The highest BCUT2D eigenvalue weighted by atomic mass is 32.2. The molecule has 2 aromatic rings. The van der Waals surface area contributed by atoms with E-state index >= 15 is 0 Å². The Balaban J connectivity index is 1.64. The third-order valence-corrected chi connectivity index (χ3v) is 8.99.